The number of hydrogen-bond acceptors (Lipinski definition) is 3. The summed E-state index contributed by atoms with van der Waals surface area (Å²) < 4.78 is 0. The smallest absolute Gasteiger partial charge is 0.308 e. The SMILES string of the molecule is CC1C(C(=O)O)CCN1CC1CCSC1. The van der Waals surface area contributed by atoms with Gasteiger partial charge in [0.25, 0.3) is 0 Å². The average molecular weight is 229 g/mol. The fourth-order valence-corrected chi connectivity index (χ4v) is 3.92. The van der Waals surface area contributed by atoms with Crippen LogP contribution in [0.15, 0.2) is 0 Å². The van der Waals surface area contributed by atoms with Gasteiger partial charge in [0, 0.05) is 12.6 Å². The summed E-state index contributed by atoms with van der Waals surface area (Å²) in [5.74, 6) is 2.59. The molecule has 0 amide bonds. The third-order valence-corrected chi connectivity index (χ3v) is 4.95. The second kappa shape index (κ2) is 4.74. The van der Waals surface area contributed by atoms with E-state index < -0.39 is 5.97 Å². The van der Waals surface area contributed by atoms with Crippen LogP contribution >= 0.6 is 11.8 Å². The maximum atomic E-state index is 11.0. The minimum Gasteiger partial charge on any atom is -0.481 e. The Bertz CT molecular complexity index is 241. The Morgan fingerprint density at radius 3 is 2.87 bits per heavy atom. The van der Waals surface area contributed by atoms with Gasteiger partial charge in [-0.15, -0.1) is 0 Å². The van der Waals surface area contributed by atoms with E-state index in [1.807, 2.05) is 11.8 Å². The largest absolute Gasteiger partial charge is 0.481 e. The molecule has 0 aromatic heterocycles. The van der Waals surface area contributed by atoms with Gasteiger partial charge in [-0.05, 0) is 43.7 Å². The molecule has 2 aliphatic heterocycles. The van der Waals surface area contributed by atoms with Crippen LogP contribution in [0, 0.1) is 11.8 Å². The van der Waals surface area contributed by atoms with E-state index in [-0.39, 0.29) is 12.0 Å². The molecule has 0 aromatic rings. The van der Waals surface area contributed by atoms with Crippen molar-refractivity contribution in [1.29, 1.82) is 0 Å². The second-order valence-corrected chi connectivity index (χ2v) is 5.85. The zero-order valence-corrected chi connectivity index (χ0v) is 10.0. The van der Waals surface area contributed by atoms with Crippen molar-refractivity contribution in [2.45, 2.75) is 25.8 Å². The lowest BCUT2D eigenvalue weighted by Crippen LogP contribution is -2.36. The Morgan fingerprint density at radius 2 is 2.33 bits per heavy atom. The molecule has 3 nitrogen and oxygen atoms in total. The lowest BCUT2D eigenvalue weighted by atomic mass is 10.0. The fraction of sp³-hybridized carbons (Fsp3) is 0.909. The minimum atomic E-state index is -0.620. The van der Waals surface area contributed by atoms with Crippen molar-refractivity contribution in [2.75, 3.05) is 24.6 Å². The summed E-state index contributed by atoms with van der Waals surface area (Å²) >= 11 is 2.03. The Kier molecular flexibility index (Phi) is 3.57. The molecular weight excluding hydrogens is 210 g/mol. The molecule has 3 unspecified atom stereocenters. The summed E-state index contributed by atoms with van der Waals surface area (Å²) in [6.07, 6.45) is 2.14. The van der Waals surface area contributed by atoms with E-state index in [9.17, 15) is 4.79 Å². The Morgan fingerprint density at radius 1 is 1.53 bits per heavy atom. The zero-order valence-electron chi connectivity index (χ0n) is 9.19. The topological polar surface area (TPSA) is 40.5 Å². The molecule has 2 heterocycles. The van der Waals surface area contributed by atoms with Crippen molar-refractivity contribution in [2.24, 2.45) is 11.8 Å². The molecule has 2 rings (SSSR count). The van der Waals surface area contributed by atoms with Gasteiger partial charge in [-0.1, -0.05) is 0 Å². The lowest BCUT2D eigenvalue weighted by molar-refractivity contribution is -0.142. The highest BCUT2D eigenvalue weighted by Gasteiger charge is 2.36. The molecule has 0 spiro atoms. The Labute approximate surface area is 95.2 Å². The molecule has 4 heteroatoms. The molecular formula is C11H19NO2S. The summed E-state index contributed by atoms with van der Waals surface area (Å²) in [5, 5.41) is 9.03. The minimum absolute atomic E-state index is 0.140. The highest BCUT2D eigenvalue weighted by atomic mass is 32.2. The number of carboxylic acid groups (broad SMARTS) is 1. The van der Waals surface area contributed by atoms with Gasteiger partial charge in [-0.2, -0.15) is 11.8 Å². The molecule has 0 saturated carbocycles. The van der Waals surface area contributed by atoms with Crippen LogP contribution < -0.4 is 0 Å². The Hall–Kier alpha value is -0.220. The summed E-state index contributed by atoms with van der Waals surface area (Å²) in [6.45, 7) is 4.14. The van der Waals surface area contributed by atoms with Crippen LogP contribution in [0.3, 0.4) is 0 Å². The first-order chi connectivity index (χ1) is 7.18. The van der Waals surface area contributed by atoms with E-state index in [0.29, 0.717) is 0 Å². The van der Waals surface area contributed by atoms with Crippen molar-refractivity contribution in [1.82, 2.24) is 4.90 Å². The average Bonchev–Trinajstić information content (AvgIpc) is 2.78. The van der Waals surface area contributed by atoms with Crippen LogP contribution in [0.4, 0.5) is 0 Å². The van der Waals surface area contributed by atoms with E-state index in [4.69, 9.17) is 5.11 Å². The molecule has 15 heavy (non-hydrogen) atoms. The van der Waals surface area contributed by atoms with Crippen LogP contribution in [-0.4, -0.2) is 46.6 Å². The van der Waals surface area contributed by atoms with Gasteiger partial charge in [0.05, 0.1) is 5.92 Å². The summed E-state index contributed by atoms with van der Waals surface area (Å²) in [7, 11) is 0. The molecule has 2 fully saturated rings. The van der Waals surface area contributed by atoms with Crippen molar-refractivity contribution in [3.63, 3.8) is 0 Å². The predicted octanol–water partition coefficient (Wildman–Crippen LogP) is 1.53. The summed E-state index contributed by atoms with van der Waals surface area (Å²) in [6, 6.07) is 0.230. The number of carboxylic acids is 1. The molecule has 0 radical (unpaired) electrons. The molecule has 86 valence electrons. The van der Waals surface area contributed by atoms with Crippen LogP contribution in [0.5, 0.6) is 0 Å². The number of rotatable bonds is 3. The van der Waals surface area contributed by atoms with E-state index in [0.717, 1.165) is 25.4 Å². The number of thioether (sulfide) groups is 1. The van der Waals surface area contributed by atoms with E-state index in [2.05, 4.69) is 11.8 Å². The maximum absolute atomic E-state index is 11.0. The van der Waals surface area contributed by atoms with E-state index in [1.54, 1.807) is 0 Å². The summed E-state index contributed by atoms with van der Waals surface area (Å²) in [4.78, 5) is 13.3. The molecule has 1 N–H and O–H groups in total. The molecule has 0 aliphatic carbocycles. The fourth-order valence-electron chi connectivity index (χ4n) is 2.65. The van der Waals surface area contributed by atoms with Crippen molar-refractivity contribution < 1.29 is 9.90 Å². The monoisotopic (exact) mass is 229 g/mol. The quantitative estimate of drug-likeness (QED) is 0.797. The number of aliphatic carboxylic acids is 1. The van der Waals surface area contributed by atoms with Gasteiger partial charge in [0.1, 0.15) is 0 Å². The molecule has 2 aliphatic rings. The zero-order chi connectivity index (χ0) is 10.8. The normalized spacial score (nSPS) is 37.3. The van der Waals surface area contributed by atoms with Crippen LogP contribution in [0.2, 0.25) is 0 Å². The summed E-state index contributed by atoms with van der Waals surface area (Å²) in [5.41, 5.74) is 0. The van der Waals surface area contributed by atoms with Gasteiger partial charge in [-0.25, -0.2) is 0 Å². The molecule has 0 bridgehead atoms. The van der Waals surface area contributed by atoms with Gasteiger partial charge in [0.2, 0.25) is 0 Å². The first-order valence-electron chi connectivity index (χ1n) is 5.73. The number of nitrogens with zero attached hydrogens (tertiary/aromatic N) is 1. The van der Waals surface area contributed by atoms with E-state index in [1.165, 1.54) is 17.9 Å². The van der Waals surface area contributed by atoms with Crippen LogP contribution in [0.1, 0.15) is 19.8 Å². The second-order valence-electron chi connectivity index (χ2n) is 4.70. The van der Waals surface area contributed by atoms with Crippen molar-refractivity contribution in [3.05, 3.63) is 0 Å². The standard InChI is InChI=1S/C11H19NO2S/c1-8-10(11(13)14)2-4-12(8)6-9-3-5-15-7-9/h8-10H,2-7H2,1H3,(H,13,14). The van der Waals surface area contributed by atoms with Gasteiger partial charge in [-0.3, -0.25) is 9.69 Å². The lowest BCUT2D eigenvalue weighted by Gasteiger charge is -2.25. The van der Waals surface area contributed by atoms with Crippen molar-refractivity contribution >= 4 is 17.7 Å². The molecule has 0 aromatic carbocycles. The van der Waals surface area contributed by atoms with Crippen LogP contribution in [-0.2, 0) is 4.79 Å². The van der Waals surface area contributed by atoms with Gasteiger partial charge >= 0.3 is 5.97 Å². The van der Waals surface area contributed by atoms with Crippen LogP contribution in [0.25, 0.3) is 0 Å². The highest BCUT2D eigenvalue weighted by molar-refractivity contribution is 7.99. The Balaban J connectivity index is 1.86. The number of likely N-dealkylation sites (tertiary alicyclic amines) is 1. The van der Waals surface area contributed by atoms with Gasteiger partial charge < -0.3 is 5.11 Å². The maximum Gasteiger partial charge on any atom is 0.308 e. The molecule has 3 atom stereocenters. The third-order valence-electron chi connectivity index (χ3n) is 3.72. The number of carbonyl (C=O) groups is 1. The third kappa shape index (κ3) is 2.48. The van der Waals surface area contributed by atoms with Gasteiger partial charge in [0.15, 0.2) is 0 Å². The predicted molar refractivity (Wildman–Crippen MR) is 62.2 cm³/mol. The molecule has 2 saturated heterocycles. The number of hydrogen-bond donors (Lipinski definition) is 1. The first-order valence-corrected chi connectivity index (χ1v) is 6.88. The first kappa shape index (κ1) is 11.3. The van der Waals surface area contributed by atoms with Crippen molar-refractivity contribution in [3.8, 4) is 0 Å². The van der Waals surface area contributed by atoms with E-state index >= 15 is 0 Å². The highest BCUT2D eigenvalue weighted by Crippen LogP contribution is 2.29.